The highest BCUT2D eigenvalue weighted by Crippen LogP contribution is 2.34. The number of H-pyrrole nitrogens is 1. The number of aromatic nitrogens is 2. The maximum Gasteiger partial charge on any atom is 0.382 e. The molecule has 0 bridgehead atoms. The van der Waals surface area contributed by atoms with Gasteiger partial charge in [0.25, 0.3) is 5.56 Å². The third-order valence-electron chi connectivity index (χ3n) is 2.89. The molecule has 1 aliphatic heterocycles. The van der Waals surface area contributed by atoms with E-state index in [2.05, 4.69) is 0 Å². The molecule has 19 heavy (non-hydrogen) atoms. The van der Waals surface area contributed by atoms with Crippen LogP contribution in [0.5, 0.6) is 0 Å². The van der Waals surface area contributed by atoms with Gasteiger partial charge in [-0.1, -0.05) is 0 Å². The number of aryl methyl sites for hydroxylation is 1. The van der Waals surface area contributed by atoms with Gasteiger partial charge in [0.15, 0.2) is 6.10 Å². The van der Waals surface area contributed by atoms with Crippen LogP contribution < -0.4 is 11.2 Å². The highest BCUT2D eigenvalue weighted by Gasteiger charge is 2.50. The lowest BCUT2D eigenvalue weighted by Crippen LogP contribution is -2.40. The van der Waals surface area contributed by atoms with Crippen molar-refractivity contribution in [3.8, 4) is 0 Å². The van der Waals surface area contributed by atoms with E-state index in [1.165, 1.54) is 6.92 Å². The largest absolute Gasteiger partial charge is 0.390 e. The summed E-state index contributed by atoms with van der Waals surface area (Å²) in [5, 5.41) is 18.0. The lowest BCUT2D eigenvalue weighted by molar-refractivity contribution is -0.282. The first-order valence-corrected chi connectivity index (χ1v) is 5.46. The third-order valence-corrected chi connectivity index (χ3v) is 2.89. The molecule has 2 rings (SSSR count). The maximum absolute atomic E-state index is 12.7. The molecule has 9 heteroatoms. The molecule has 2 heterocycles. The summed E-state index contributed by atoms with van der Waals surface area (Å²) in [4.78, 5) is 24.7. The number of rotatable bonds is 2. The topological polar surface area (TPSA) is 105 Å². The number of aliphatic hydroxyl groups is 2. The molecule has 3 N–H and O–H groups in total. The van der Waals surface area contributed by atoms with Gasteiger partial charge in [-0.3, -0.25) is 14.3 Å². The van der Waals surface area contributed by atoms with Gasteiger partial charge in [-0.25, -0.2) is 4.79 Å². The van der Waals surface area contributed by atoms with E-state index in [0.29, 0.717) is 0 Å². The van der Waals surface area contributed by atoms with E-state index in [-0.39, 0.29) is 12.0 Å². The minimum Gasteiger partial charge on any atom is -0.390 e. The monoisotopic (exact) mass is 278 g/mol. The van der Waals surface area contributed by atoms with Crippen molar-refractivity contribution >= 4 is 0 Å². The van der Waals surface area contributed by atoms with E-state index in [0.717, 1.165) is 10.8 Å². The molecular formula is C10H12F2N2O5. The summed E-state index contributed by atoms with van der Waals surface area (Å²) in [5.74, 6) is 0. The minimum atomic E-state index is -4.21. The normalized spacial score (nSPS) is 27.7. The number of hydrogen-bond acceptors (Lipinski definition) is 5. The zero-order valence-corrected chi connectivity index (χ0v) is 9.84. The number of alkyl halides is 2. The van der Waals surface area contributed by atoms with Gasteiger partial charge in [0, 0.05) is 18.2 Å². The Morgan fingerprint density at radius 1 is 1.53 bits per heavy atom. The van der Waals surface area contributed by atoms with Crippen LogP contribution in [0.4, 0.5) is 8.78 Å². The molecule has 106 valence electrons. The van der Waals surface area contributed by atoms with Crippen LogP contribution in [0, 0.1) is 6.92 Å². The molecule has 0 amide bonds. The number of nitrogens with one attached hydrogen (secondary N) is 1. The van der Waals surface area contributed by atoms with Gasteiger partial charge in [-0.05, 0) is 6.92 Å². The predicted molar refractivity (Wildman–Crippen MR) is 57.8 cm³/mol. The fourth-order valence-corrected chi connectivity index (χ4v) is 1.94. The number of hydrogen-bond donors (Lipinski definition) is 3. The molecule has 0 saturated carbocycles. The number of nitrogens with zero attached hydrogens (tertiary/aromatic N) is 1. The van der Waals surface area contributed by atoms with Crippen LogP contribution in [-0.2, 0) is 4.74 Å². The molecule has 3 atom stereocenters. The van der Waals surface area contributed by atoms with E-state index in [4.69, 9.17) is 9.84 Å². The average molecular weight is 278 g/mol. The summed E-state index contributed by atoms with van der Waals surface area (Å²) < 4.78 is 31.2. The summed E-state index contributed by atoms with van der Waals surface area (Å²) in [6.07, 6.45) is -8.28. The molecule has 0 aliphatic carbocycles. The van der Waals surface area contributed by atoms with Gasteiger partial charge in [-0.2, -0.15) is 8.78 Å². The Bertz CT molecular complexity index is 591. The van der Waals surface area contributed by atoms with Gasteiger partial charge < -0.3 is 14.9 Å². The van der Waals surface area contributed by atoms with Crippen LogP contribution in [0.25, 0.3) is 0 Å². The number of halogens is 2. The highest BCUT2D eigenvalue weighted by atomic mass is 19.3. The van der Waals surface area contributed by atoms with Crippen molar-refractivity contribution in [1.82, 2.24) is 9.55 Å². The van der Waals surface area contributed by atoms with Crippen LogP contribution >= 0.6 is 0 Å². The minimum absolute atomic E-state index is 0.192. The summed E-state index contributed by atoms with van der Waals surface area (Å²) in [5.41, 5.74) is -1.24. The van der Waals surface area contributed by atoms with Crippen LogP contribution in [-0.4, -0.2) is 38.1 Å². The van der Waals surface area contributed by atoms with Crippen molar-refractivity contribution < 1.29 is 23.7 Å². The fourth-order valence-electron chi connectivity index (χ4n) is 1.94. The zero-order chi connectivity index (χ0) is 14.4. The summed E-state index contributed by atoms with van der Waals surface area (Å²) >= 11 is 0. The van der Waals surface area contributed by atoms with E-state index in [1.54, 1.807) is 0 Å². The molecule has 1 aliphatic rings. The highest BCUT2D eigenvalue weighted by molar-refractivity contribution is 5.02. The van der Waals surface area contributed by atoms with Gasteiger partial charge in [-0.15, -0.1) is 0 Å². The molecule has 7 nitrogen and oxygen atoms in total. The number of ether oxygens (including phenoxy) is 1. The summed E-state index contributed by atoms with van der Waals surface area (Å²) in [6, 6.07) is 0. The lowest BCUT2D eigenvalue weighted by Gasteiger charge is -2.20. The first-order valence-electron chi connectivity index (χ1n) is 5.46. The van der Waals surface area contributed by atoms with Crippen molar-refractivity contribution in [3.05, 3.63) is 32.6 Å². The van der Waals surface area contributed by atoms with Crippen LogP contribution in [0.1, 0.15) is 18.2 Å². The third kappa shape index (κ3) is 2.57. The molecule has 1 aromatic heterocycles. The van der Waals surface area contributed by atoms with Crippen LogP contribution in [0.15, 0.2) is 15.8 Å². The molecule has 1 aromatic rings. The Kier molecular flexibility index (Phi) is 3.29. The van der Waals surface area contributed by atoms with Gasteiger partial charge in [0.1, 0.15) is 6.23 Å². The Morgan fingerprint density at radius 2 is 2.16 bits per heavy atom. The Labute approximate surface area is 105 Å². The first-order chi connectivity index (χ1) is 8.70. The van der Waals surface area contributed by atoms with Crippen molar-refractivity contribution in [2.75, 3.05) is 0 Å². The molecule has 0 spiro atoms. The second-order valence-corrected chi connectivity index (χ2v) is 4.38. The van der Waals surface area contributed by atoms with E-state index >= 15 is 0 Å². The second kappa shape index (κ2) is 4.51. The predicted octanol–water partition coefficient (Wildman–Crippen LogP) is -0.921. The van der Waals surface area contributed by atoms with Crippen LogP contribution in [0.3, 0.4) is 0 Å². The standard InChI is InChI=1S/C10H12F2N2O5/c1-4-3-14(9(17)13-8(4)16)6-2-5(15)7(19-6)10(11,12)18/h3,5-7,15,18H,2H2,1H3,(H,13,16,17)/t5-,6+,7-/m0/s1. The lowest BCUT2D eigenvalue weighted by atomic mass is 10.1. The summed E-state index contributed by atoms with van der Waals surface area (Å²) in [6.45, 7) is 1.43. The zero-order valence-electron chi connectivity index (χ0n) is 9.84. The quantitative estimate of drug-likeness (QED) is 0.649. The van der Waals surface area contributed by atoms with Gasteiger partial charge in [0.05, 0.1) is 6.10 Å². The average Bonchev–Trinajstić information content (AvgIpc) is 2.65. The van der Waals surface area contributed by atoms with Crippen molar-refractivity contribution in [3.63, 3.8) is 0 Å². The van der Waals surface area contributed by atoms with E-state index in [1.807, 2.05) is 4.98 Å². The SMILES string of the molecule is Cc1cn([C@H]2C[C@H](O)[C@@H](C(O)(F)F)O2)c(=O)[nH]c1=O. The Hall–Kier alpha value is -1.58. The Balaban J connectivity index is 2.33. The molecule has 0 unspecified atom stereocenters. The van der Waals surface area contributed by atoms with Gasteiger partial charge in [0.2, 0.25) is 0 Å². The summed E-state index contributed by atoms with van der Waals surface area (Å²) in [7, 11) is 0. The van der Waals surface area contributed by atoms with E-state index in [9.17, 15) is 23.5 Å². The molecule has 0 radical (unpaired) electrons. The first kappa shape index (κ1) is 13.8. The Morgan fingerprint density at radius 3 is 2.68 bits per heavy atom. The van der Waals surface area contributed by atoms with E-state index < -0.39 is 35.8 Å². The fraction of sp³-hybridized carbons (Fsp3) is 0.600. The van der Waals surface area contributed by atoms with Crippen LogP contribution in [0.2, 0.25) is 0 Å². The number of aromatic amines is 1. The second-order valence-electron chi connectivity index (χ2n) is 4.38. The maximum atomic E-state index is 12.7. The van der Waals surface area contributed by atoms with Crippen molar-refractivity contribution in [2.24, 2.45) is 0 Å². The molecule has 0 aromatic carbocycles. The van der Waals surface area contributed by atoms with Crippen molar-refractivity contribution in [2.45, 2.75) is 37.9 Å². The molecule has 1 saturated heterocycles. The van der Waals surface area contributed by atoms with Gasteiger partial charge >= 0.3 is 11.8 Å². The number of aliphatic hydroxyl groups excluding tert-OH is 1. The molecule has 1 fully saturated rings. The van der Waals surface area contributed by atoms with Crippen molar-refractivity contribution in [1.29, 1.82) is 0 Å². The molecular weight excluding hydrogens is 266 g/mol. The smallest absolute Gasteiger partial charge is 0.382 e.